The lowest BCUT2D eigenvalue weighted by Gasteiger charge is -2.31. The molecule has 9 heteroatoms. The molecule has 1 amide bonds. The fraction of sp³-hybridized carbons (Fsp3) is 0.438. The van der Waals surface area contributed by atoms with Gasteiger partial charge >= 0.3 is 5.97 Å². The van der Waals surface area contributed by atoms with Crippen molar-refractivity contribution in [1.82, 2.24) is 5.32 Å². The average molecular weight is 366 g/mol. The highest BCUT2D eigenvalue weighted by atomic mass is 35.5. The third kappa shape index (κ3) is 4.67. The number of esters is 1. The minimum Gasteiger partial charge on any atom is -0.452 e. The normalized spacial score (nSPS) is 15.7. The predicted octanol–water partition coefficient (Wildman–Crippen LogP) is 2.75. The van der Waals surface area contributed by atoms with Gasteiger partial charge in [-0.15, -0.1) is 0 Å². The Morgan fingerprint density at radius 1 is 1.36 bits per heavy atom. The highest BCUT2D eigenvalue weighted by Gasteiger charge is 2.33. The van der Waals surface area contributed by atoms with Gasteiger partial charge in [0.25, 0.3) is 11.6 Å². The van der Waals surface area contributed by atoms with Crippen molar-refractivity contribution in [1.29, 1.82) is 5.26 Å². The van der Waals surface area contributed by atoms with Crippen molar-refractivity contribution in [3.8, 4) is 6.07 Å². The molecule has 0 unspecified atom stereocenters. The van der Waals surface area contributed by atoms with Crippen molar-refractivity contribution in [3.05, 3.63) is 38.9 Å². The van der Waals surface area contributed by atoms with Crippen LogP contribution in [0, 0.1) is 21.4 Å². The number of nitriles is 1. The van der Waals surface area contributed by atoms with Crippen LogP contribution in [0.3, 0.4) is 0 Å². The molecular weight excluding hydrogens is 350 g/mol. The second-order valence-corrected chi connectivity index (χ2v) is 6.21. The van der Waals surface area contributed by atoms with Crippen molar-refractivity contribution in [2.45, 2.75) is 37.6 Å². The molecule has 1 aromatic carbocycles. The number of halogens is 1. The molecule has 0 heterocycles. The number of nitro groups is 1. The number of nitro benzene ring substituents is 1. The molecule has 0 spiro atoms. The Morgan fingerprint density at radius 3 is 2.64 bits per heavy atom. The topological polar surface area (TPSA) is 122 Å². The summed E-state index contributed by atoms with van der Waals surface area (Å²) in [5.41, 5.74) is -1.43. The first-order valence-electron chi connectivity index (χ1n) is 7.70. The molecule has 0 bridgehead atoms. The summed E-state index contributed by atoms with van der Waals surface area (Å²) in [7, 11) is 0. The molecule has 1 fully saturated rings. The smallest absolute Gasteiger partial charge is 0.338 e. The molecule has 1 aliphatic rings. The summed E-state index contributed by atoms with van der Waals surface area (Å²) in [6.45, 7) is -0.571. The largest absolute Gasteiger partial charge is 0.452 e. The Morgan fingerprint density at radius 2 is 2.04 bits per heavy atom. The van der Waals surface area contributed by atoms with E-state index in [0.717, 1.165) is 25.3 Å². The van der Waals surface area contributed by atoms with Crippen molar-refractivity contribution >= 4 is 29.2 Å². The molecule has 1 saturated carbocycles. The van der Waals surface area contributed by atoms with Crippen LogP contribution >= 0.6 is 11.6 Å². The lowest BCUT2D eigenvalue weighted by Crippen LogP contribution is -2.50. The maximum atomic E-state index is 12.0. The molecule has 1 aliphatic carbocycles. The number of carbonyl (C=O) groups excluding carboxylic acids is 2. The zero-order valence-corrected chi connectivity index (χ0v) is 14.0. The third-order valence-electron chi connectivity index (χ3n) is 4.01. The van der Waals surface area contributed by atoms with E-state index in [2.05, 4.69) is 11.4 Å². The molecular formula is C16H16ClN3O5. The molecule has 132 valence electrons. The van der Waals surface area contributed by atoms with E-state index in [1.54, 1.807) is 0 Å². The molecule has 0 radical (unpaired) electrons. The van der Waals surface area contributed by atoms with E-state index in [4.69, 9.17) is 16.3 Å². The second kappa shape index (κ2) is 7.94. The number of nitrogens with one attached hydrogen (secondary N) is 1. The van der Waals surface area contributed by atoms with Crippen LogP contribution in [-0.4, -0.2) is 28.9 Å². The zero-order valence-electron chi connectivity index (χ0n) is 13.3. The summed E-state index contributed by atoms with van der Waals surface area (Å²) in [6.07, 6.45) is 3.84. The molecule has 8 nitrogen and oxygen atoms in total. The van der Waals surface area contributed by atoms with Gasteiger partial charge in [-0.05, 0) is 25.0 Å². The molecule has 1 N–H and O–H groups in total. The van der Waals surface area contributed by atoms with E-state index < -0.39 is 34.6 Å². The summed E-state index contributed by atoms with van der Waals surface area (Å²) in [5, 5.41) is 22.6. The van der Waals surface area contributed by atoms with Crippen LogP contribution in [0.4, 0.5) is 5.69 Å². The number of amides is 1. The predicted molar refractivity (Wildman–Crippen MR) is 88.0 cm³/mol. The van der Waals surface area contributed by atoms with Crippen LogP contribution in [0.25, 0.3) is 0 Å². The Labute approximate surface area is 148 Å². The summed E-state index contributed by atoms with van der Waals surface area (Å²) in [6, 6.07) is 5.60. The quantitative estimate of drug-likeness (QED) is 0.486. The first-order chi connectivity index (χ1) is 11.9. The van der Waals surface area contributed by atoms with Crippen LogP contribution in [0.15, 0.2) is 18.2 Å². The standard InChI is InChI=1S/C16H16ClN3O5/c17-12-5-4-11(8-13(12)20(23)24)15(22)25-9-14(21)19-16(10-18)6-2-1-3-7-16/h4-5,8H,1-3,6-7,9H2,(H,19,21). The van der Waals surface area contributed by atoms with Gasteiger partial charge in [-0.1, -0.05) is 30.9 Å². The average Bonchev–Trinajstić information content (AvgIpc) is 2.60. The number of benzene rings is 1. The summed E-state index contributed by atoms with van der Waals surface area (Å²) >= 11 is 5.67. The van der Waals surface area contributed by atoms with Gasteiger partial charge in [0.1, 0.15) is 10.6 Å². The molecule has 0 aromatic heterocycles. The van der Waals surface area contributed by atoms with Crippen molar-refractivity contribution < 1.29 is 19.2 Å². The number of hydrogen-bond donors (Lipinski definition) is 1. The molecule has 2 rings (SSSR count). The van der Waals surface area contributed by atoms with E-state index >= 15 is 0 Å². The lowest BCUT2D eigenvalue weighted by atomic mass is 9.83. The monoisotopic (exact) mass is 365 g/mol. The van der Waals surface area contributed by atoms with E-state index in [1.165, 1.54) is 12.1 Å². The fourth-order valence-corrected chi connectivity index (χ4v) is 2.90. The van der Waals surface area contributed by atoms with Gasteiger partial charge in [-0.25, -0.2) is 4.79 Å². The second-order valence-electron chi connectivity index (χ2n) is 5.80. The summed E-state index contributed by atoms with van der Waals surface area (Å²) in [5.74, 6) is -1.47. The fourth-order valence-electron chi connectivity index (χ4n) is 2.72. The Bertz CT molecular complexity index is 738. The molecule has 25 heavy (non-hydrogen) atoms. The van der Waals surface area contributed by atoms with Crippen molar-refractivity contribution in [2.24, 2.45) is 0 Å². The van der Waals surface area contributed by atoms with Crippen molar-refractivity contribution in [2.75, 3.05) is 6.61 Å². The number of ether oxygens (including phenoxy) is 1. The van der Waals surface area contributed by atoms with Gasteiger partial charge in [-0.3, -0.25) is 14.9 Å². The number of nitrogens with zero attached hydrogens (tertiary/aromatic N) is 2. The molecule has 0 atom stereocenters. The van der Waals surface area contributed by atoms with Crippen LogP contribution in [-0.2, 0) is 9.53 Å². The van der Waals surface area contributed by atoms with Crippen molar-refractivity contribution in [3.63, 3.8) is 0 Å². The minimum atomic E-state index is -0.916. The highest BCUT2D eigenvalue weighted by molar-refractivity contribution is 6.32. The highest BCUT2D eigenvalue weighted by Crippen LogP contribution is 2.27. The van der Waals surface area contributed by atoms with Gasteiger partial charge in [-0.2, -0.15) is 5.26 Å². The number of carbonyl (C=O) groups is 2. The zero-order chi connectivity index (χ0) is 18.4. The van der Waals surface area contributed by atoms with E-state index in [9.17, 15) is 25.0 Å². The van der Waals surface area contributed by atoms with Gasteiger partial charge in [0.15, 0.2) is 6.61 Å². The molecule has 0 saturated heterocycles. The Kier molecular flexibility index (Phi) is 5.93. The van der Waals surface area contributed by atoms with Gasteiger partial charge in [0, 0.05) is 6.07 Å². The summed E-state index contributed by atoms with van der Waals surface area (Å²) in [4.78, 5) is 34.0. The summed E-state index contributed by atoms with van der Waals surface area (Å²) < 4.78 is 4.87. The first-order valence-corrected chi connectivity index (χ1v) is 8.08. The first kappa shape index (κ1) is 18.7. The van der Waals surface area contributed by atoms with Gasteiger partial charge in [0.2, 0.25) is 0 Å². The maximum Gasteiger partial charge on any atom is 0.338 e. The van der Waals surface area contributed by atoms with Gasteiger partial charge < -0.3 is 10.1 Å². The number of hydrogen-bond acceptors (Lipinski definition) is 6. The SMILES string of the molecule is N#CC1(NC(=O)COC(=O)c2ccc(Cl)c([N+](=O)[O-])c2)CCCCC1. The third-order valence-corrected chi connectivity index (χ3v) is 4.33. The van der Waals surface area contributed by atoms with Gasteiger partial charge in [0.05, 0.1) is 16.6 Å². The Balaban J connectivity index is 1.95. The van der Waals surface area contributed by atoms with E-state index in [-0.39, 0.29) is 10.6 Å². The van der Waals surface area contributed by atoms with Crippen LogP contribution in [0.5, 0.6) is 0 Å². The lowest BCUT2D eigenvalue weighted by molar-refractivity contribution is -0.384. The van der Waals surface area contributed by atoms with E-state index in [0.29, 0.717) is 12.8 Å². The molecule has 0 aliphatic heterocycles. The minimum absolute atomic E-state index is 0.0865. The van der Waals surface area contributed by atoms with E-state index in [1.807, 2.05) is 0 Å². The van der Waals surface area contributed by atoms with Crippen LogP contribution < -0.4 is 5.32 Å². The maximum absolute atomic E-state index is 12.0. The Hall–Kier alpha value is -2.66. The van der Waals surface area contributed by atoms with Crippen LogP contribution in [0.2, 0.25) is 5.02 Å². The molecule has 1 aromatic rings. The van der Waals surface area contributed by atoms with Crippen LogP contribution in [0.1, 0.15) is 42.5 Å². The number of rotatable bonds is 5.